The molecule has 18 heavy (non-hydrogen) atoms. The zero-order valence-corrected chi connectivity index (χ0v) is 12.9. The summed E-state index contributed by atoms with van der Waals surface area (Å²) in [5.41, 5.74) is 6.38. The summed E-state index contributed by atoms with van der Waals surface area (Å²) in [4.78, 5) is 14.0. The molecule has 1 aromatic carbocycles. The minimum atomic E-state index is -0.00519. The number of nitrogens with two attached hydrogens (primary N) is 1. The number of halogens is 3. The molecule has 0 bridgehead atoms. The Hall–Kier alpha value is -0.290. The summed E-state index contributed by atoms with van der Waals surface area (Å²) in [5.74, 6) is -0.00519. The molecule has 0 saturated carbocycles. The third-order valence-electron chi connectivity index (χ3n) is 2.99. The van der Waals surface area contributed by atoms with Crippen LogP contribution in [0.2, 0.25) is 5.02 Å². The van der Waals surface area contributed by atoms with E-state index in [1.807, 2.05) is 11.0 Å². The molecule has 6 heteroatoms. The van der Waals surface area contributed by atoms with E-state index in [4.69, 9.17) is 17.3 Å². The van der Waals surface area contributed by atoms with Crippen LogP contribution in [-0.4, -0.2) is 29.9 Å². The summed E-state index contributed by atoms with van der Waals surface area (Å²) >= 11 is 9.39. The van der Waals surface area contributed by atoms with Crippen molar-refractivity contribution in [2.45, 2.75) is 18.9 Å². The van der Waals surface area contributed by atoms with Crippen LogP contribution in [0.3, 0.4) is 0 Å². The molecule has 2 rings (SSSR count). The minimum absolute atomic E-state index is 0. The zero-order valence-electron chi connectivity index (χ0n) is 9.73. The summed E-state index contributed by atoms with van der Waals surface area (Å²) in [5, 5.41) is 0.485. The monoisotopic (exact) mass is 352 g/mol. The lowest BCUT2D eigenvalue weighted by Crippen LogP contribution is -2.42. The molecule has 3 nitrogen and oxygen atoms in total. The van der Waals surface area contributed by atoms with Crippen molar-refractivity contribution < 1.29 is 4.79 Å². The van der Waals surface area contributed by atoms with Crippen LogP contribution >= 0.6 is 39.9 Å². The third-order valence-corrected chi connectivity index (χ3v) is 3.79. The number of piperidine rings is 1. The fraction of sp³-hybridized carbons (Fsp3) is 0.417. The molecule has 1 fully saturated rings. The molecular weight excluding hydrogens is 339 g/mol. The van der Waals surface area contributed by atoms with Gasteiger partial charge in [0.2, 0.25) is 0 Å². The van der Waals surface area contributed by atoms with Crippen LogP contribution in [0.4, 0.5) is 0 Å². The van der Waals surface area contributed by atoms with Gasteiger partial charge in [0.15, 0.2) is 0 Å². The molecule has 0 spiro atoms. The van der Waals surface area contributed by atoms with Gasteiger partial charge in [-0.05, 0) is 31.0 Å². The second kappa shape index (κ2) is 6.75. The van der Waals surface area contributed by atoms with Gasteiger partial charge >= 0.3 is 0 Å². The summed E-state index contributed by atoms with van der Waals surface area (Å²) in [7, 11) is 0. The summed E-state index contributed by atoms with van der Waals surface area (Å²) < 4.78 is 0.875. The Balaban J connectivity index is 0.00000162. The van der Waals surface area contributed by atoms with Gasteiger partial charge in [0.05, 0.1) is 10.6 Å². The molecule has 0 atom stereocenters. The van der Waals surface area contributed by atoms with Gasteiger partial charge in [-0.3, -0.25) is 4.79 Å². The van der Waals surface area contributed by atoms with Crippen molar-refractivity contribution in [3.63, 3.8) is 0 Å². The number of hydrogen-bond acceptors (Lipinski definition) is 2. The van der Waals surface area contributed by atoms with Gasteiger partial charge < -0.3 is 10.6 Å². The number of benzene rings is 1. The van der Waals surface area contributed by atoms with Gasteiger partial charge in [-0.1, -0.05) is 27.5 Å². The number of rotatable bonds is 1. The van der Waals surface area contributed by atoms with E-state index in [9.17, 15) is 4.79 Å². The zero-order chi connectivity index (χ0) is 12.4. The summed E-state index contributed by atoms with van der Waals surface area (Å²) in [6.45, 7) is 1.43. The molecule has 1 aliphatic heterocycles. The first-order valence-electron chi connectivity index (χ1n) is 5.58. The van der Waals surface area contributed by atoms with Gasteiger partial charge in [0.25, 0.3) is 5.91 Å². The highest BCUT2D eigenvalue weighted by molar-refractivity contribution is 9.10. The Morgan fingerprint density at radius 1 is 1.39 bits per heavy atom. The SMILES string of the molecule is Cl.NC1CCN(C(=O)c2ccc(Br)cc2Cl)CC1. The predicted octanol–water partition coefficient (Wildman–Crippen LogP) is 3.09. The van der Waals surface area contributed by atoms with Crippen molar-refractivity contribution >= 4 is 45.8 Å². The highest BCUT2D eigenvalue weighted by atomic mass is 79.9. The van der Waals surface area contributed by atoms with E-state index < -0.39 is 0 Å². The van der Waals surface area contributed by atoms with E-state index in [-0.39, 0.29) is 24.4 Å². The summed E-state index contributed by atoms with van der Waals surface area (Å²) in [6, 6.07) is 5.54. The molecular formula is C12H15BrCl2N2O. The van der Waals surface area contributed by atoms with Gasteiger partial charge in [0.1, 0.15) is 0 Å². The van der Waals surface area contributed by atoms with E-state index >= 15 is 0 Å². The standard InChI is InChI=1S/C12H14BrClN2O.ClH/c13-8-1-2-10(11(14)7-8)12(17)16-5-3-9(15)4-6-16;/h1-2,7,9H,3-6,15H2;1H. The molecule has 1 heterocycles. The van der Waals surface area contributed by atoms with Crippen LogP contribution in [0.1, 0.15) is 23.2 Å². The molecule has 0 aromatic heterocycles. The number of likely N-dealkylation sites (tertiary alicyclic amines) is 1. The Morgan fingerprint density at radius 2 is 2.00 bits per heavy atom. The number of carbonyl (C=O) groups is 1. The molecule has 1 saturated heterocycles. The van der Waals surface area contributed by atoms with Gasteiger partial charge in [-0.15, -0.1) is 12.4 Å². The molecule has 100 valence electrons. The van der Waals surface area contributed by atoms with E-state index in [0.717, 1.165) is 17.3 Å². The second-order valence-corrected chi connectivity index (χ2v) is 5.58. The lowest BCUT2D eigenvalue weighted by Gasteiger charge is -2.30. The quantitative estimate of drug-likeness (QED) is 0.843. The number of hydrogen-bond donors (Lipinski definition) is 1. The van der Waals surface area contributed by atoms with Crippen molar-refractivity contribution in [3.05, 3.63) is 33.3 Å². The maximum Gasteiger partial charge on any atom is 0.255 e. The molecule has 1 amide bonds. The Kier molecular flexibility index (Phi) is 5.92. The van der Waals surface area contributed by atoms with E-state index in [2.05, 4.69) is 15.9 Å². The first-order chi connectivity index (χ1) is 8.08. The van der Waals surface area contributed by atoms with Crippen LogP contribution in [0, 0.1) is 0 Å². The largest absolute Gasteiger partial charge is 0.338 e. The molecule has 2 N–H and O–H groups in total. The van der Waals surface area contributed by atoms with Crippen LogP contribution in [-0.2, 0) is 0 Å². The first-order valence-corrected chi connectivity index (χ1v) is 6.75. The highest BCUT2D eigenvalue weighted by Gasteiger charge is 2.23. The van der Waals surface area contributed by atoms with Crippen molar-refractivity contribution in [1.82, 2.24) is 4.90 Å². The topological polar surface area (TPSA) is 46.3 Å². The number of amides is 1. The molecule has 0 aliphatic carbocycles. The van der Waals surface area contributed by atoms with Crippen LogP contribution in [0.5, 0.6) is 0 Å². The normalized spacial score (nSPS) is 16.3. The fourth-order valence-electron chi connectivity index (χ4n) is 1.94. The van der Waals surface area contributed by atoms with Crippen LogP contribution in [0.25, 0.3) is 0 Å². The average Bonchev–Trinajstić information content (AvgIpc) is 2.29. The van der Waals surface area contributed by atoms with Crippen molar-refractivity contribution in [2.75, 3.05) is 13.1 Å². The molecule has 0 radical (unpaired) electrons. The van der Waals surface area contributed by atoms with Crippen molar-refractivity contribution in [3.8, 4) is 0 Å². The number of carbonyl (C=O) groups excluding carboxylic acids is 1. The van der Waals surface area contributed by atoms with E-state index in [1.54, 1.807) is 12.1 Å². The van der Waals surface area contributed by atoms with Crippen LogP contribution in [0.15, 0.2) is 22.7 Å². The predicted molar refractivity (Wildman–Crippen MR) is 79.5 cm³/mol. The Labute approximate surface area is 126 Å². The first kappa shape index (κ1) is 15.8. The Morgan fingerprint density at radius 3 is 2.56 bits per heavy atom. The minimum Gasteiger partial charge on any atom is -0.338 e. The van der Waals surface area contributed by atoms with E-state index in [0.29, 0.717) is 23.7 Å². The van der Waals surface area contributed by atoms with Crippen molar-refractivity contribution in [1.29, 1.82) is 0 Å². The summed E-state index contributed by atoms with van der Waals surface area (Å²) in [6.07, 6.45) is 1.72. The highest BCUT2D eigenvalue weighted by Crippen LogP contribution is 2.23. The molecule has 1 aliphatic rings. The second-order valence-electron chi connectivity index (χ2n) is 4.25. The average molecular weight is 354 g/mol. The van der Waals surface area contributed by atoms with Crippen molar-refractivity contribution in [2.24, 2.45) is 5.73 Å². The molecule has 0 unspecified atom stereocenters. The fourth-order valence-corrected chi connectivity index (χ4v) is 2.69. The molecule has 1 aromatic rings. The number of nitrogens with zero attached hydrogens (tertiary/aromatic N) is 1. The smallest absolute Gasteiger partial charge is 0.255 e. The lowest BCUT2D eigenvalue weighted by molar-refractivity contribution is 0.0715. The maximum absolute atomic E-state index is 12.2. The van der Waals surface area contributed by atoms with Crippen LogP contribution < -0.4 is 5.73 Å². The van der Waals surface area contributed by atoms with Gasteiger partial charge in [-0.2, -0.15) is 0 Å². The third kappa shape index (κ3) is 3.60. The Bertz CT molecular complexity index is 434. The van der Waals surface area contributed by atoms with E-state index in [1.165, 1.54) is 0 Å². The van der Waals surface area contributed by atoms with Gasteiger partial charge in [-0.25, -0.2) is 0 Å². The van der Waals surface area contributed by atoms with Gasteiger partial charge in [0, 0.05) is 23.6 Å². The maximum atomic E-state index is 12.2. The lowest BCUT2D eigenvalue weighted by atomic mass is 10.0.